The minimum absolute atomic E-state index is 0.184. The standard InChI is InChI=1S/C25H21NO2S/c27-25-19(14-17-6-2-1-3-7-17)16-29-23-12-11-20(15-21(23)25)28-24-13-10-18-8-4-5-9-22(18)26-24/h1-13,15,19,25,27H,14,16H2/t19-,25-/m1/s1. The molecule has 3 nitrogen and oxygen atoms in total. The minimum atomic E-state index is -0.500. The number of fused-ring (bicyclic) bond motifs is 2. The summed E-state index contributed by atoms with van der Waals surface area (Å²) in [4.78, 5) is 5.71. The van der Waals surface area contributed by atoms with E-state index in [0.717, 1.165) is 33.5 Å². The van der Waals surface area contributed by atoms with Crippen LogP contribution in [0.5, 0.6) is 11.6 Å². The number of para-hydroxylation sites is 1. The number of thioether (sulfide) groups is 1. The molecule has 0 saturated carbocycles. The van der Waals surface area contributed by atoms with Gasteiger partial charge in [-0.1, -0.05) is 48.5 Å². The Morgan fingerprint density at radius 2 is 1.76 bits per heavy atom. The second-order valence-electron chi connectivity index (χ2n) is 7.35. The zero-order chi connectivity index (χ0) is 19.6. The predicted octanol–water partition coefficient (Wildman–Crippen LogP) is 6.03. The molecule has 1 aliphatic heterocycles. The van der Waals surface area contributed by atoms with E-state index in [4.69, 9.17) is 4.74 Å². The lowest BCUT2D eigenvalue weighted by atomic mass is 9.90. The number of pyridine rings is 1. The average Bonchev–Trinajstić information content (AvgIpc) is 2.77. The van der Waals surface area contributed by atoms with Crippen molar-refractivity contribution in [3.05, 3.63) is 96.1 Å². The molecule has 1 N–H and O–H groups in total. The van der Waals surface area contributed by atoms with Gasteiger partial charge in [0.05, 0.1) is 11.6 Å². The number of aliphatic hydroxyl groups excluding tert-OH is 1. The molecule has 2 atom stereocenters. The van der Waals surface area contributed by atoms with Gasteiger partial charge >= 0.3 is 0 Å². The number of rotatable bonds is 4. The molecule has 4 heteroatoms. The van der Waals surface area contributed by atoms with Crippen LogP contribution in [-0.2, 0) is 6.42 Å². The van der Waals surface area contributed by atoms with Crippen LogP contribution < -0.4 is 4.74 Å². The van der Waals surface area contributed by atoms with Crippen LogP contribution in [-0.4, -0.2) is 15.8 Å². The normalized spacial score (nSPS) is 18.4. The highest BCUT2D eigenvalue weighted by Gasteiger charge is 2.29. The molecule has 0 unspecified atom stereocenters. The zero-order valence-electron chi connectivity index (χ0n) is 15.9. The number of nitrogens with zero attached hydrogens (tertiary/aromatic N) is 1. The van der Waals surface area contributed by atoms with Gasteiger partial charge in [0.1, 0.15) is 5.75 Å². The predicted molar refractivity (Wildman–Crippen MR) is 118 cm³/mol. The first-order valence-corrected chi connectivity index (χ1v) is 10.8. The van der Waals surface area contributed by atoms with E-state index < -0.39 is 6.10 Å². The van der Waals surface area contributed by atoms with Gasteiger partial charge in [-0.25, -0.2) is 4.98 Å². The van der Waals surface area contributed by atoms with Gasteiger partial charge in [-0.2, -0.15) is 0 Å². The van der Waals surface area contributed by atoms with Crippen LogP contribution in [0.25, 0.3) is 10.9 Å². The maximum absolute atomic E-state index is 11.0. The Morgan fingerprint density at radius 1 is 0.931 bits per heavy atom. The lowest BCUT2D eigenvalue weighted by Crippen LogP contribution is -2.22. The first-order chi connectivity index (χ1) is 14.3. The van der Waals surface area contributed by atoms with E-state index >= 15 is 0 Å². The SMILES string of the molecule is O[C@H]1c2cc(Oc3ccc4ccccc4n3)ccc2SC[C@H]1Cc1ccccc1. The molecule has 0 amide bonds. The van der Waals surface area contributed by atoms with Gasteiger partial charge in [0.15, 0.2) is 0 Å². The number of hydrogen-bond donors (Lipinski definition) is 1. The fraction of sp³-hybridized carbons (Fsp3) is 0.160. The summed E-state index contributed by atoms with van der Waals surface area (Å²) in [6.45, 7) is 0. The number of hydrogen-bond acceptors (Lipinski definition) is 4. The van der Waals surface area contributed by atoms with Gasteiger partial charge in [-0.05, 0) is 47.9 Å². The molecule has 0 aliphatic carbocycles. The first-order valence-electron chi connectivity index (χ1n) is 9.79. The van der Waals surface area contributed by atoms with Crippen LogP contribution in [0.3, 0.4) is 0 Å². The van der Waals surface area contributed by atoms with Crippen molar-refractivity contribution in [1.29, 1.82) is 0 Å². The number of ether oxygens (including phenoxy) is 1. The van der Waals surface area contributed by atoms with Gasteiger partial charge in [0, 0.05) is 28.0 Å². The van der Waals surface area contributed by atoms with Gasteiger partial charge in [0.25, 0.3) is 0 Å². The summed E-state index contributed by atoms with van der Waals surface area (Å²) in [6, 6.07) is 28.2. The quantitative estimate of drug-likeness (QED) is 0.455. The summed E-state index contributed by atoms with van der Waals surface area (Å²) >= 11 is 1.81. The van der Waals surface area contributed by atoms with Gasteiger partial charge < -0.3 is 9.84 Å². The molecule has 29 heavy (non-hydrogen) atoms. The molecule has 1 aromatic heterocycles. The Labute approximate surface area is 174 Å². The molecular formula is C25H21NO2S. The molecule has 0 spiro atoms. The second kappa shape index (κ2) is 7.90. The molecule has 0 saturated heterocycles. The lowest BCUT2D eigenvalue weighted by molar-refractivity contribution is 0.114. The second-order valence-corrected chi connectivity index (χ2v) is 8.41. The van der Waals surface area contributed by atoms with Gasteiger partial charge in [0.2, 0.25) is 5.88 Å². The highest BCUT2D eigenvalue weighted by molar-refractivity contribution is 7.99. The van der Waals surface area contributed by atoms with E-state index in [2.05, 4.69) is 17.1 Å². The van der Waals surface area contributed by atoms with Crippen molar-refractivity contribution >= 4 is 22.7 Å². The van der Waals surface area contributed by atoms with Crippen molar-refractivity contribution in [2.45, 2.75) is 17.4 Å². The number of aliphatic hydroxyl groups is 1. The van der Waals surface area contributed by atoms with Crippen molar-refractivity contribution in [1.82, 2.24) is 4.98 Å². The topological polar surface area (TPSA) is 42.4 Å². The van der Waals surface area contributed by atoms with Crippen LogP contribution in [0.1, 0.15) is 17.2 Å². The van der Waals surface area contributed by atoms with E-state index in [1.54, 1.807) is 11.8 Å². The lowest BCUT2D eigenvalue weighted by Gasteiger charge is -2.30. The fourth-order valence-electron chi connectivity index (χ4n) is 3.81. The summed E-state index contributed by atoms with van der Waals surface area (Å²) in [6.07, 6.45) is 0.366. The van der Waals surface area contributed by atoms with E-state index in [1.165, 1.54) is 5.56 Å². The van der Waals surface area contributed by atoms with E-state index in [0.29, 0.717) is 11.6 Å². The first kappa shape index (κ1) is 18.2. The van der Waals surface area contributed by atoms with Gasteiger partial charge in [-0.15, -0.1) is 11.8 Å². The van der Waals surface area contributed by atoms with E-state index in [1.807, 2.05) is 72.8 Å². The average molecular weight is 400 g/mol. The Hall–Kier alpha value is -2.82. The molecule has 1 aliphatic rings. The maximum Gasteiger partial charge on any atom is 0.219 e. The molecule has 3 aromatic carbocycles. The fourth-order valence-corrected chi connectivity index (χ4v) is 5.01. The van der Waals surface area contributed by atoms with Crippen molar-refractivity contribution < 1.29 is 9.84 Å². The van der Waals surface area contributed by atoms with Crippen molar-refractivity contribution in [2.24, 2.45) is 5.92 Å². The molecular weight excluding hydrogens is 378 g/mol. The number of benzene rings is 3. The van der Waals surface area contributed by atoms with Crippen LogP contribution in [0.2, 0.25) is 0 Å². The maximum atomic E-state index is 11.0. The third kappa shape index (κ3) is 3.86. The molecule has 0 bridgehead atoms. The molecule has 144 valence electrons. The Kier molecular flexibility index (Phi) is 4.96. The van der Waals surface area contributed by atoms with Crippen molar-refractivity contribution in [2.75, 3.05) is 5.75 Å². The van der Waals surface area contributed by atoms with Crippen LogP contribution in [0.15, 0.2) is 89.8 Å². The summed E-state index contributed by atoms with van der Waals surface area (Å²) in [7, 11) is 0. The molecule has 0 fully saturated rings. The Balaban J connectivity index is 1.38. The van der Waals surface area contributed by atoms with Crippen molar-refractivity contribution in [3.63, 3.8) is 0 Å². The smallest absolute Gasteiger partial charge is 0.219 e. The molecule has 4 aromatic rings. The van der Waals surface area contributed by atoms with E-state index in [9.17, 15) is 5.11 Å². The van der Waals surface area contributed by atoms with Gasteiger partial charge in [-0.3, -0.25) is 0 Å². The molecule has 2 heterocycles. The summed E-state index contributed by atoms with van der Waals surface area (Å²) < 4.78 is 6.02. The van der Waals surface area contributed by atoms with E-state index in [-0.39, 0.29) is 5.92 Å². The highest BCUT2D eigenvalue weighted by Crippen LogP contribution is 2.42. The summed E-state index contributed by atoms with van der Waals surface area (Å²) in [5.74, 6) is 2.35. The van der Waals surface area contributed by atoms with Crippen molar-refractivity contribution in [3.8, 4) is 11.6 Å². The monoisotopic (exact) mass is 399 g/mol. The Bertz CT molecular complexity index is 1150. The third-order valence-corrected chi connectivity index (χ3v) is 6.61. The molecule has 5 rings (SSSR count). The van der Waals surface area contributed by atoms with Crippen LogP contribution in [0, 0.1) is 5.92 Å². The van der Waals surface area contributed by atoms with Crippen LogP contribution in [0.4, 0.5) is 0 Å². The summed E-state index contributed by atoms with van der Waals surface area (Å²) in [5.41, 5.74) is 3.11. The largest absolute Gasteiger partial charge is 0.439 e. The summed E-state index contributed by atoms with van der Waals surface area (Å²) in [5, 5.41) is 12.1. The Morgan fingerprint density at radius 3 is 2.66 bits per heavy atom. The highest BCUT2D eigenvalue weighted by atomic mass is 32.2. The number of aromatic nitrogens is 1. The minimum Gasteiger partial charge on any atom is -0.439 e. The van der Waals surface area contributed by atoms with Crippen LogP contribution >= 0.6 is 11.8 Å². The third-order valence-electron chi connectivity index (χ3n) is 5.34. The zero-order valence-corrected chi connectivity index (χ0v) is 16.7. The molecule has 0 radical (unpaired) electrons.